The second-order valence-corrected chi connectivity index (χ2v) is 4.59. The summed E-state index contributed by atoms with van der Waals surface area (Å²) >= 11 is 0. The van der Waals surface area contributed by atoms with Gasteiger partial charge in [-0.1, -0.05) is 6.42 Å². The summed E-state index contributed by atoms with van der Waals surface area (Å²) in [6, 6.07) is 0.462. The third-order valence-electron chi connectivity index (χ3n) is 3.51. The molecule has 0 bridgehead atoms. The van der Waals surface area contributed by atoms with Gasteiger partial charge in [0.1, 0.15) is 11.6 Å². The first kappa shape index (κ1) is 9.33. The van der Waals surface area contributed by atoms with E-state index in [1.807, 2.05) is 0 Å². The summed E-state index contributed by atoms with van der Waals surface area (Å²) in [4.78, 5) is 0. The Labute approximate surface area is 90.1 Å². The first-order chi connectivity index (χ1) is 7.45. The highest BCUT2D eigenvalue weighted by Gasteiger charge is 2.24. The van der Waals surface area contributed by atoms with E-state index in [0.29, 0.717) is 6.04 Å². The minimum atomic E-state index is 0.462. The average molecular weight is 206 g/mol. The molecule has 3 rings (SSSR count). The van der Waals surface area contributed by atoms with E-state index in [0.717, 1.165) is 19.5 Å². The van der Waals surface area contributed by atoms with Gasteiger partial charge in [0, 0.05) is 13.0 Å². The maximum absolute atomic E-state index is 4.37. The molecule has 0 amide bonds. The fraction of sp³-hybridized carbons (Fsp3) is 0.818. The van der Waals surface area contributed by atoms with Crippen LogP contribution < -0.4 is 5.32 Å². The van der Waals surface area contributed by atoms with Crippen LogP contribution in [0, 0.1) is 0 Å². The molecule has 0 saturated carbocycles. The smallest absolute Gasteiger partial charge is 0.150 e. The molecule has 4 heteroatoms. The van der Waals surface area contributed by atoms with Gasteiger partial charge < -0.3 is 9.88 Å². The number of rotatable bonds is 1. The van der Waals surface area contributed by atoms with E-state index in [2.05, 4.69) is 20.1 Å². The summed E-state index contributed by atoms with van der Waals surface area (Å²) in [5.74, 6) is 2.39. The van der Waals surface area contributed by atoms with Crippen molar-refractivity contribution in [2.24, 2.45) is 0 Å². The van der Waals surface area contributed by atoms with Gasteiger partial charge in [0.15, 0.2) is 0 Å². The minimum absolute atomic E-state index is 0.462. The van der Waals surface area contributed by atoms with E-state index in [4.69, 9.17) is 0 Å². The van der Waals surface area contributed by atoms with E-state index >= 15 is 0 Å². The monoisotopic (exact) mass is 206 g/mol. The zero-order valence-corrected chi connectivity index (χ0v) is 9.08. The average Bonchev–Trinajstić information content (AvgIpc) is 2.83. The van der Waals surface area contributed by atoms with Gasteiger partial charge in [-0.15, -0.1) is 10.2 Å². The van der Waals surface area contributed by atoms with Crippen molar-refractivity contribution in [2.45, 2.75) is 51.1 Å². The number of aryl methyl sites for hydroxylation is 1. The minimum Gasteiger partial charge on any atom is -0.314 e. The molecule has 1 fully saturated rings. The summed E-state index contributed by atoms with van der Waals surface area (Å²) in [7, 11) is 0. The van der Waals surface area contributed by atoms with Gasteiger partial charge in [-0.05, 0) is 32.2 Å². The number of hydrogen-bond donors (Lipinski definition) is 1. The van der Waals surface area contributed by atoms with Crippen molar-refractivity contribution >= 4 is 0 Å². The summed E-state index contributed by atoms with van der Waals surface area (Å²) in [5, 5.41) is 12.2. The van der Waals surface area contributed by atoms with Gasteiger partial charge in [-0.25, -0.2) is 0 Å². The number of nitrogens with one attached hydrogen (secondary N) is 1. The molecule has 15 heavy (non-hydrogen) atoms. The predicted molar refractivity (Wildman–Crippen MR) is 57.6 cm³/mol. The van der Waals surface area contributed by atoms with Gasteiger partial charge >= 0.3 is 0 Å². The standard InChI is InChI=1S/C11H18N4/c1-2-6-10-13-14-11(15(10)8-3-1)9-5-4-7-12-9/h9,12H,1-8H2. The van der Waals surface area contributed by atoms with Crippen molar-refractivity contribution in [1.82, 2.24) is 20.1 Å². The first-order valence-electron chi connectivity index (χ1n) is 6.10. The molecular formula is C11H18N4. The number of fused-ring (bicyclic) bond motifs is 1. The Kier molecular flexibility index (Phi) is 2.44. The second-order valence-electron chi connectivity index (χ2n) is 4.59. The van der Waals surface area contributed by atoms with Crippen LogP contribution in [-0.4, -0.2) is 21.3 Å². The molecule has 1 aromatic heterocycles. The maximum Gasteiger partial charge on any atom is 0.150 e. The van der Waals surface area contributed by atoms with Crippen molar-refractivity contribution in [3.63, 3.8) is 0 Å². The molecule has 3 heterocycles. The SMILES string of the molecule is C1CCc2nnc(C3CCCN3)n2CC1. The fourth-order valence-electron chi connectivity index (χ4n) is 2.67. The molecular weight excluding hydrogens is 188 g/mol. The predicted octanol–water partition coefficient (Wildman–Crippen LogP) is 1.43. The molecule has 0 spiro atoms. The van der Waals surface area contributed by atoms with Crippen molar-refractivity contribution in [2.75, 3.05) is 6.54 Å². The Morgan fingerprint density at radius 3 is 3.00 bits per heavy atom. The summed E-state index contributed by atoms with van der Waals surface area (Å²) in [5.41, 5.74) is 0. The third-order valence-corrected chi connectivity index (χ3v) is 3.51. The largest absolute Gasteiger partial charge is 0.314 e. The lowest BCUT2D eigenvalue weighted by Gasteiger charge is -2.12. The molecule has 0 aliphatic carbocycles. The van der Waals surface area contributed by atoms with E-state index in [1.165, 1.54) is 43.8 Å². The van der Waals surface area contributed by atoms with E-state index in [9.17, 15) is 0 Å². The van der Waals surface area contributed by atoms with E-state index in [-0.39, 0.29) is 0 Å². The quantitative estimate of drug-likeness (QED) is 0.756. The van der Waals surface area contributed by atoms with Crippen LogP contribution in [0.15, 0.2) is 0 Å². The van der Waals surface area contributed by atoms with Gasteiger partial charge in [0.25, 0.3) is 0 Å². The van der Waals surface area contributed by atoms with Crippen molar-refractivity contribution in [3.05, 3.63) is 11.6 Å². The van der Waals surface area contributed by atoms with Crippen LogP contribution in [0.4, 0.5) is 0 Å². The highest BCUT2D eigenvalue weighted by molar-refractivity contribution is 5.04. The zero-order valence-electron chi connectivity index (χ0n) is 9.08. The third kappa shape index (κ3) is 1.67. The van der Waals surface area contributed by atoms with Crippen molar-refractivity contribution in [3.8, 4) is 0 Å². The van der Waals surface area contributed by atoms with Crippen LogP contribution in [-0.2, 0) is 13.0 Å². The number of aromatic nitrogens is 3. The molecule has 1 saturated heterocycles. The summed E-state index contributed by atoms with van der Waals surface area (Å²) in [6.07, 6.45) is 7.49. The Balaban J connectivity index is 1.91. The zero-order chi connectivity index (χ0) is 10.1. The van der Waals surface area contributed by atoms with E-state index in [1.54, 1.807) is 0 Å². The van der Waals surface area contributed by atoms with E-state index < -0.39 is 0 Å². The highest BCUT2D eigenvalue weighted by atomic mass is 15.3. The Morgan fingerprint density at radius 2 is 2.13 bits per heavy atom. The fourth-order valence-corrected chi connectivity index (χ4v) is 2.67. The lowest BCUT2D eigenvalue weighted by atomic mass is 10.2. The normalized spacial score (nSPS) is 26.3. The first-order valence-corrected chi connectivity index (χ1v) is 6.10. The molecule has 1 N–H and O–H groups in total. The highest BCUT2D eigenvalue weighted by Crippen LogP contribution is 2.24. The Hall–Kier alpha value is -0.900. The van der Waals surface area contributed by atoms with Crippen LogP contribution >= 0.6 is 0 Å². The summed E-state index contributed by atoms with van der Waals surface area (Å²) < 4.78 is 2.36. The molecule has 1 unspecified atom stereocenters. The second kappa shape index (κ2) is 3.93. The summed E-state index contributed by atoms with van der Waals surface area (Å²) in [6.45, 7) is 2.25. The maximum atomic E-state index is 4.37. The molecule has 2 aliphatic rings. The molecule has 4 nitrogen and oxygen atoms in total. The van der Waals surface area contributed by atoms with Gasteiger partial charge in [-0.2, -0.15) is 0 Å². The van der Waals surface area contributed by atoms with Crippen LogP contribution in [0.5, 0.6) is 0 Å². The molecule has 1 atom stereocenters. The molecule has 2 aliphatic heterocycles. The molecule has 1 aromatic rings. The van der Waals surface area contributed by atoms with Crippen LogP contribution in [0.2, 0.25) is 0 Å². The van der Waals surface area contributed by atoms with Crippen LogP contribution in [0.3, 0.4) is 0 Å². The Bertz CT molecular complexity index is 338. The van der Waals surface area contributed by atoms with Crippen LogP contribution in [0.1, 0.15) is 49.8 Å². The number of nitrogens with zero attached hydrogens (tertiary/aromatic N) is 3. The van der Waals surface area contributed by atoms with Gasteiger partial charge in [-0.3, -0.25) is 0 Å². The van der Waals surface area contributed by atoms with Gasteiger partial charge in [0.05, 0.1) is 6.04 Å². The lowest BCUT2D eigenvalue weighted by molar-refractivity contribution is 0.532. The molecule has 0 aromatic carbocycles. The van der Waals surface area contributed by atoms with Crippen molar-refractivity contribution < 1.29 is 0 Å². The van der Waals surface area contributed by atoms with Crippen LogP contribution in [0.25, 0.3) is 0 Å². The van der Waals surface area contributed by atoms with Crippen molar-refractivity contribution in [1.29, 1.82) is 0 Å². The lowest BCUT2D eigenvalue weighted by Crippen LogP contribution is -2.18. The van der Waals surface area contributed by atoms with Gasteiger partial charge in [0.2, 0.25) is 0 Å². The molecule has 0 radical (unpaired) electrons. The molecule has 82 valence electrons. The topological polar surface area (TPSA) is 42.7 Å². The number of hydrogen-bond acceptors (Lipinski definition) is 3. The Morgan fingerprint density at radius 1 is 1.13 bits per heavy atom.